The Kier molecular flexibility index (Phi) is 8.37. The highest BCUT2D eigenvalue weighted by atomic mass is 16.5. The van der Waals surface area contributed by atoms with E-state index in [1.165, 1.54) is 0 Å². The maximum absolute atomic E-state index is 5.39. The van der Waals surface area contributed by atoms with Crippen LogP contribution in [-0.2, 0) is 9.47 Å². The van der Waals surface area contributed by atoms with Crippen molar-refractivity contribution >= 4 is 17.8 Å². The van der Waals surface area contributed by atoms with Gasteiger partial charge in [-0.25, -0.2) is 0 Å². The smallest absolute Gasteiger partial charge is 0.231 e. The summed E-state index contributed by atoms with van der Waals surface area (Å²) in [4.78, 5) is 15.2. The van der Waals surface area contributed by atoms with Crippen molar-refractivity contribution in [2.45, 2.75) is 13.8 Å². The Morgan fingerprint density at radius 3 is 2.33 bits per heavy atom. The molecule has 0 atom stereocenters. The van der Waals surface area contributed by atoms with Gasteiger partial charge >= 0.3 is 0 Å². The molecule has 8 nitrogen and oxygen atoms in total. The number of hydrogen-bond acceptors (Lipinski definition) is 8. The maximum atomic E-state index is 5.39. The van der Waals surface area contributed by atoms with E-state index in [1.54, 1.807) is 14.2 Å². The summed E-state index contributed by atoms with van der Waals surface area (Å²) in [6, 6.07) is 0. The molecule has 1 rings (SSSR count). The van der Waals surface area contributed by atoms with Crippen molar-refractivity contribution in [3.05, 3.63) is 0 Å². The fourth-order valence-electron chi connectivity index (χ4n) is 1.68. The van der Waals surface area contributed by atoms with Crippen LogP contribution in [0, 0.1) is 0 Å². The lowest BCUT2D eigenvalue weighted by Crippen LogP contribution is -2.25. The predicted molar refractivity (Wildman–Crippen MR) is 84.1 cm³/mol. The Hall–Kier alpha value is -1.67. The van der Waals surface area contributed by atoms with Crippen LogP contribution in [0.3, 0.4) is 0 Å². The van der Waals surface area contributed by atoms with Crippen molar-refractivity contribution < 1.29 is 9.47 Å². The Labute approximate surface area is 126 Å². The van der Waals surface area contributed by atoms with Gasteiger partial charge in [0.15, 0.2) is 0 Å². The van der Waals surface area contributed by atoms with Gasteiger partial charge in [-0.2, -0.15) is 15.0 Å². The lowest BCUT2D eigenvalue weighted by molar-refractivity contribution is 0.0759. The summed E-state index contributed by atoms with van der Waals surface area (Å²) in [5, 5.41) is 6.10. The number of nitrogens with one attached hydrogen (secondary N) is 2. The van der Waals surface area contributed by atoms with Crippen molar-refractivity contribution in [3.63, 3.8) is 0 Å². The molecule has 0 bridgehead atoms. The van der Waals surface area contributed by atoms with Crippen LogP contribution in [0.4, 0.5) is 17.8 Å². The molecule has 2 N–H and O–H groups in total. The first-order valence-electron chi connectivity index (χ1n) is 7.24. The van der Waals surface area contributed by atoms with E-state index in [0.29, 0.717) is 44.2 Å². The van der Waals surface area contributed by atoms with Crippen molar-refractivity contribution in [2.24, 2.45) is 0 Å². The molecule has 1 heterocycles. The number of anilines is 3. The van der Waals surface area contributed by atoms with Gasteiger partial charge in [0.25, 0.3) is 0 Å². The highest BCUT2D eigenvalue weighted by Crippen LogP contribution is 2.12. The summed E-state index contributed by atoms with van der Waals surface area (Å²) in [6.45, 7) is 8.24. The third-order valence-corrected chi connectivity index (χ3v) is 2.85. The predicted octanol–water partition coefficient (Wildman–Crippen LogP) is 0.834. The van der Waals surface area contributed by atoms with Crippen LogP contribution in [0.1, 0.15) is 13.8 Å². The highest BCUT2D eigenvalue weighted by Gasteiger charge is 2.10. The number of ether oxygens (including phenoxy) is 2. The molecule has 0 amide bonds. The van der Waals surface area contributed by atoms with Crippen LogP contribution in [-0.4, -0.2) is 68.6 Å². The Balaban J connectivity index is 2.58. The molecular weight excluding hydrogens is 272 g/mol. The topological polar surface area (TPSA) is 84.4 Å². The van der Waals surface area contributed by atoms with E-state index >= 15 is 0 Å². The molecule has 0 aliphatic rings. The first kappa shape index (κ1) is 17.4. The fraction of sp³-hybridized carbons (Fsp3) is 0.769. The minimum atomic E-state index is 0.548. The zero-order chi connectivity index (χ0) is 15.5. The fourth-order valence-corrected chi connectivity index (χ4v) is 1.68. The third kappa shape index (κ3) is 6.09. The van der Waals surface area contributed by atoms with E-state index in [1.807, 2.05) is 0 Å². The van der Waals surface area contributed by atoms with E-state index in [2.05, 4.69) is 44.3 Å². The number of methoxy groups -OCH3 is 1. The van der Waals surface area contributed by atoms with Gasteiger partial charge in [-0.15, -0.1) is 0 Å². The van der Waals surface area contributed by atoms with Crippen molar-refractivity contribution in [2.75, 3.05) is 69.1 Å². The summed E-state index contributed by atoms with van der Waals surface area (Å²) in [6.07, 6.45) is 0. The molecule has 21 heavy (non-hydrogen) atoms. The normalized spacial score (nSPS) is 10.5. The quantitative estimate of drug-likeness (QED) is 0.581. The number of rotatable bonds is 11. The van der Waals surface area contributed by atoms with Gasteiger partial charge in [-0.05, 0) is 13.8 Å². The lowest BCUT2D eigenvalue weighted by atomic mass is 10.5. The first-order chi connectivity index (χ1) is 10.2. The van der Waals surface area contributed by atoms with Crippen molar-refractivity contribution in [1.29, 1.82) is 0 Å². The molecule has 0 aliphatic carbocycles. The number of hydrogen-bond donors (Lipinski definition) is 2. The van der Waals surface area contributed by atoms with E-state index in [9.17, 15) is 0 Å². The molecule has 0 saturated heterocycles. The van der Waals surface area contributed by atoms with Crippen LogP contribution < -0.4 is 15.5 Å². The van der Waals surface area contributed by atoms with Gasteiger partial charge in [0.2, 0.25) is 17.8 Å². The van der Waals surface area contributed by atoms with Gasteiger partial charge in [0.05, 0.1) is 19.8 Å². The summed E-state index contributed by atoms with van der Waals surface area (Å²) in [5.74, 6) is 1.77. The molecule has 1 aromatic rings. The van der Waals surface area contributed by atoms with Gasteiger partial charge in [0, 0.05) is 33.8 Å². The van der Waals surface area contributed by atoms with Crippen LogP contribution in [0.5, 0.6) is 0 Å². The van der Waals surface area contributed by atoms with Gasteiger partial charge in [-0.3, -0.25) is 0 Å². The van der Waals surface area contributed by atoms with E-state index in [-0.39, 0.29) is 0 Å². The number of nitrogens with zero attached hydrogens (tertiary/aromatic N) is 4. The molecule has 0 aromatic carbocycles. The minimum Gasteiger partial charge on any atom is -0.382 e. The molecule has 0 radical (unpaired) electrons. The summed E-state index contributed by atoms with van der Waals surface area (Å²) in [7, 11) is 3.44. The third-order valence-electron chi connectivity index (χ3n) is 2.85. The van der Waals surface area contributed by atoms with Crippen molar-refractivity contribution in [1.82, 2.24) is 15.0 Å². The average molecular weight is 298 g/mol. The molecule has 1 aromatic heterocycles. The standard InChI is InChI=1S/C13H26N6O2/c1-5-19(6-2)13-17-11(14-3)16-12(18-13)15-7-8-21-10-9-20-4/h5-10H2,1-4H3,(H2,14,15,16,17,18). The zero-order valence-corrected chi connectivity index (χ0v) is 13.3. The second kappa shape index (κ2) is 10.1. The summed E-state index contributed by atoms with van der Waals surface area (Å²) in [5.41, 5.74) is 0. The van der Waals surface area contributed by atoms with Crippen LogP contribution in [0.2, 0.25) is 0 Å². The number of aromatic nitrogens is 3. The largest absolute Gasteiger partial charge is 0.382 e. The SMILES string of the molecule is CCN(CC)c1nc(NC)nc(NCCOCCOC)n1. The summed E-state index contributed by atoms with van der Waals surface area (Å²) < 4.78 is 10.3. The maximum Gasteiger partial charge on any atom is 0.231 e. The van der Waals surface area contributed by atoms with E-state index in [4.69, 9.17) is 9.47 Å². The lowest BCUT2D eigenvalue weighted by Gasteiger charge is -2.19. The van der Waals surface area contributed by atoms with Gasteiger partial charge in [-0.1, -0.05) is 0 Å². The average Bonchev–Trinajstić information content (AvgIpc) is 2.51. The minimum absolute atomic E-state index is 0.548. The molecule has 0 fully saturated rings. The molecule has 0 aliphatic heterocycles. The second-order valence-electron chi connectivity index (χ2n) is 4.24. The molecule has 8 heteroatoms. The van der Waals surface area contributed by atoms with Crippen LogP contribution >= 0.6 is 0 Å². The van der Waals surface area contributed by atoms with E-state index in [0.717, 1.165) is 13.1 Å². The van der Waals surface area contributed by atoms with Crippen molar-refractivity contribution in [3.8, 4) is 0 Å². The molecule has 120 valence electrons. The Bertz CT molecular complexity index is 400. The summed E-state index contributed by atoms with van der Waals surface area (Å²) >= 11 is 0. The van der Waals surface area contributed by atoms with Crippen LogP contribution in [0.15, 0.2) is 0 Å². The van der Waals surface area contributed by atoms with Gasteiger partial charge < -0.3 is 25.0 Å². The first-order valence-corrected chi connectivity index (χ1v) is 7.24. The Morgan fingerprint density at radius 1 is 1.00 bits per heavy atom. The Morgan fingerprint density at radius 2 is 1.71 bits per heavy atom. The molecular formula is C13H26N6O2. The van der Waals surface area contributed by atoms with Crippen LogP contribution in [0.25, 0.3) is 0 Å². The zero-order valence-electron chi connectivity index (χ0n) is 13.3. The van der Waals surface area contributed by atoms with Gasteiger partial charge in [0.1, 0.15) is 0 Å². The monoisotopic (exact) mass is 298 g/mol. The molecule has 0 unspecified atom stereocenters. The van der Waals surface area contributed by atoms with E-state index < -0.39 is 0 Å². The second-order valence-corrected chi connectivity index (χ2v) is 4.24. The molecule has 0 spiro atoms. The molecule has 0 saturated carbocycles. The highest BCUT2D eigenvalue weighted by molar-refractivity contribution is 5.43.